The molecule has 0 radical (unpaired) electrons. The van der Waals surface area contributed by atoms with Gasteiger partial charge < -0.3 is 20.7 Å². The number of hydrogen-bond acceptors (Lipinski definition) is 8. The molecule has 0 saturated carbocycles. The summed E-state index contributed by atoms with van der Waals surface area (Å²) >= 11 is 1.70. The third-order valence-electron chi connectivity index (χ3n) is 3.73. The highest BCUT2D eigenvalue weighted by Crippen LogP contribution is 2.33. The van der Waals surface area contributed by atoms with Gasteiger partial charge in [-0.2, -0.15) is 11.8 Å². The van der Waals surface area contributed by atoms with Gasteiger partial charge in [0, 0.05) is 5.75 Å². The van der Waals surface area contributed by atoms with E-state index in [1.54, 1.807) is 16.3 Å². The molecule has 0 unspecified atom stereocenters. The third-order valence-corrected chi connectivity index (χ3v) is 5.20. The van der Waals surface area contributed by atoms with Crippen molar-refractivity contribution in [3.63, 3.8) is 0 Å². The van der Waals surface area contributed by atoms with E-state index in [1.165, 1.54) is 12.7 Å². The Kier molecular flexibility index (Phi) is 4.72. The molecule has 0 bridgehead atoms. The van der Waals surface area contributed by atoms with Crippen molar-refractivity contribution in [1.29, 1.82) is 0 Å². The number of aliphatic hydroxyl groups is 2. The predicted molar refractivity (Wildman–Crippen MR) is 87.8 cm³/mol. The molecule has 0 spiro atoms. The van der Waals surface area contributed by atoms with Gasteiger partial charge >= 0.3 is 0 Å². The Morgan fingerprint density at radius 1 is 1.30 bits per heavy atom. The van der Waals surface area contributed by atoms with Crippen LogP contribution in [-0.2, 0) is 4.74 Å². The van der Waals surface area contributed by atoms with Crippen molar-refractivity contribution in [3.8, 4) is 0 Å². The monoisotopic (exact) mass is 339 g/mol. The quantitative estimate of drug-likeness (QED) is 0.717. The molecule has 4 N–H and O–H groups in total. The summed E-state index contributed by atoms with van der Waals surface area (Å²) in [5, 5.41) is 20.6. The van der Waals surface area contributed by atoms with Gasteiger partial charge in [-0.1, -0.05) is 13.8 Å². The molecular formula is C14H21N5O3S. The number of rotatable bonds is 5. The maximum absolute atomic E-state index is 10.3. The molecule has 0 amide bonds. The second kappa shape index (κ2) is 6.60. The molecule has 126 valence electrons. The van der Waals surface area contributed by atoms with Crippen LogP contribution in [0.1, 0.15) is 20.1 Å². The van der Waals surface area contributed by atoms with Gasteiger partial charge in [0.15, 0.2) is 17.7 Å². The number of ether oxygens (including phenoxy) is 1. The molecule has 1 fully saturated rings. The fraction of sp³-hybridized carbons (Fsp3) is 0.643. The van der Waals surface area contributed by atoms with Crippen molar-refractivity contribution in [2.24, 2.45) is 5.92 Å². The molecule has 0 aliphatic carbocycles. The number of hydrogen-bond donors (Lipinski definition) is 3. The van der Waals surface area contributed by atoms with E-state index in [0.717, 1.165) is 5.75 Å². The number of nitrogens with zero attached hydrogens (tertiary/aromatic N) is 4. The molecule has 3 heterocycles. The molecule has 8 nitrogen and oxygen atoms in total. The lowest BCUT2D eigenvalue weighted by molar-refractivity contribution is -0.0289. The largest absolute Gasteiger partial charge is 0.387 e. The third kappa shape index (κ3) is 3.14. The van der Waals surface area contributed by atoms with E-state index in [1.807, 2.05) is 0 Å². The molecule has 1 aliphatic heterocycles. The van der Waals surface area contributed by atoms with Gasteiger partial charge in [-0.05, 0) is 11.7 Å². The standard InChI is InChI=1S/C14H21N5O3S/c1-7(2)3-23-4-8-10(20)11(21)14(22-8)19-6-18-9-12(15)16-5-17-13(9)19/h5-8,10-11,14,20-21H,3-4H2,1-2H3,(H2,15,16,17)/t8-,10+,11+,14-/m1/s1. The molecule has 2 aromatic heterocycles. The summed E-state index contributed by atoms with van der Waals surface area (Å²) < 4.78 is 7.45. The number of aromatic nitrogens is 4. The first-order valence-corrected chi connectivity index (χ1v) is 8.67. The normalized spacial score (nSPS) is 28.0. The van der Waals surface area contributed by atoms with Gasteiger partial charge in [-0.15, -0.1) is 0 Å². The van der Waals surface area contributed by atoms with E-state index in [0.29, 0.717) is 22.8 Å². The molecule has 23 heavy (non-hydrogen) atoms. The summed E-state index contributed by atoms with van der Waals surface area (Å²) in [5.41, 5.74) is 6.70. The summed E-state index contributed by atoms with van der Waals surface area (Å²) in [6.45, 7) is 4.27. The Morgan fingerprint density at radius 2 is 2.09 bits per heavy atom. The lowest BCUT2D eigenvalue weighted by atomic mass is 10.1. The minimum absolute atomic E-state index is 0.269. The number of nitrogen functional groups attached to an aromatic ring is 1. The van der Waals surface area contributed by atoms with Crippen LogP contribution in [0.15, 0.2) is 12.7 Å². The number of fused-ring (bicyclic) bond motifs is 1. The van der Waals surface area contributed by atoms with Crippen LogP contribution < -0.4 is 5.73 Å². The lowest BCUT2D eigenvalue weighted by Crippen LogP contribution is -2.32. The highest BCUT2D eigenvalue weighted by Gasteiger charge is 2.44. The first kappa shape index (κ1) is 16.4. The predicted octanol–water partition coefficient (Wildman–Crippen LogP) is 0.417. The Hall–Kier alpha value is -1.42. The van der Waals surface area contributed by atoms with Gasteiger partial charge in [0.1, 0.15) is 24.1 Å². The van der Waals surface area contributed by atoms with Crippen molar-refractivity contribution >= 4 is 28.7 Å². The molecule has 4 atom stereocenters. The van der Waals surface area contributed by atoms with Crippen LogP contribution in [0.25, 0.3) is 11.2 Å². The SMILES string of the molecule is CC(C)CSC[C@H]1O[C@@H](n2cnc3c(N)ncnc32)[C@@H](O)[C@H]1O. The van der Waals surface area contributed by atoms with Crippen LogP contribution in [0.3, 0.4) is 0 Å². The van der Waals surface area contributed by atoms with Crippen molar-refractivity contribution in [3.05, 3.63) is 12.7 Å². The number of nitrogens with two attached hydrogens (primary N) is 1. The highest BCUT2D eigenvalue weighted by molar-refractivity contribution is 7.99. The Labute approximate surface area is 138 Å². The van der Waals surface area contributed by atoms with Crippen molar-refractivity contribution in [2.45, 2.75) is 38.4 Å². The van der Waals surface area contributed by atoms with E-state index >= 15 is 0 Å². The van der Waals surface area contributed by atoms with Gasteiger partial charge in [0.2, 0.25) is 0 Å². The van der Waals surface area contributed by atoms with Gasteiger partial charge in [0.05, 0.1) is 12.4 Å². The Bertz CT molecular complexity index is 679. The molecule has 3 rings (SSSR count). The van der Waals surface area contributed by atoms with E-state index in [-0.39, 0.29) is 5.82 Å². The van der Waals surface area contributed by atoms with E-state index in [9.17, 15) is 10.2 Å². The molecule has 1 saturated heterocycles. The Morgan fingerprint density at radius 3 is 2.83 bits per heavy atom. The van der Waals surface area contributed by atoms with Crippen LogP contribution >= 0.6 is 11.8 Å². The molecule has 1 aliphatic rings. The minimum atomic E-state index is -1.05. The summed E-state index contributed by atoms with van der Waals surface area (Å²) in [4.78, 5) is 12.2. The summed E-state index contributed by atoms with van der Waals surface area (Å²) in [6.07, 6.45) is -0.336. The molecular weight excluding hydrogens is 318 g/mol. The smallest absolute Gasteiger partial charge is 0.167 e. The summed E-state index contributed by atoms with van der Waals surface area (Å²) in [7, 11) is 0. The van der Waals surface area contributed by atoms with Crippen molar-refractivity contribution in [1.82, 2.24) is 19.5 Å². The maximum Gasteiger partial charge on any atom is 0.167 e. The van der Waals surface area contributed by atoms with Gasteiger partial charge in [-0.25, -0.2) is 15.0 Å². The van der Waals surface area contributed by atoms with E-state index < -0.39 is 24.5 Å². The number of anilines is 1. The first-order valence-electron chi connectivity index (χ1n) is 7.51. The lowest BCUT2D eigenvalue weighted by Gasteiger charge is -2.16. The highest BCUT2D eigenvalue weighted by atomic mass is 32.2. The average Bonchev–Trinajstić information content (AvgIpc) is 3.04. The minimum Gasteiger partial charge on any atom is -0.387 e. The number of aliphatic hydroxyl groups excluding tert-OH is 2. The van der Waals surface area contributed by atoms with Crippen LogP contribution in [-0.4, -0.2) is 59.5 Å². The van der Waals surface area contributed by atoms with Crippen LogP contribution in [0.2, 0.25) is 0 Å². The van der Waals surface area contributed by atoms with Crippen molar-refractivity contribution in [2.75, 3.05) is 17.2 Å². The van der Waals surface area contributed by atoms with Crippen LogP contribution in [0.4, 0.5) is 5.82 Å². The molecule has 2 aromatic rings. The summed E-state index contributed by atoms with van der Waals surface area (Å²) in [5.74, 6) is 2.43. The average molecular weight is 339 g/mol. The summed E-state index contributed by atoms with van der Waals surface area (Å²) in [6, 6.07) is 0. The van der Waals surface area contributed by atoms with Gasteiger partial charge in [-0.3, -0.25) is 4.57 Å². The second-order valence-electron chi connectivity index (χ2n) is 6.06. The Balaban J connectivity index is 1.78. The topological polar surface area (TPSA) is 119 Å². The van der Waals surface area contributed by atoms with Gasteiger partial charge in [0.25, 0.3) is 0 Å². The zero-order chi connectivity index (χ0) is 16.6. The van der Waals surface area contributed by atoms with Crippen LogP contribution in [0.5, 0.6) is 0 Å². The van der Waals surface area contributed by atoms with E-state index in [2.05, 4.69) is 28.8 Å². The number of imidazole rings is 1. The van der Waals surface area contributed by atoms with E-state index in [4.69, 9.17) is 10.5 Å². The fourth-order valence-corrected chi connectivity index (χ4v) is 3.69. The molecule has 0 aromatic carbocycles. The fourth-order valence-electron chi connectivity index (χ4n) is 2.57. The van der Waals surface area contributed by atoms with Crippen molar-refractivity contribution < 1.29 is 14.9 Å². The second-order valence-corrected chi connectivity index (χ2v) is 7.14. The number of thioether (sulfide) groups is 1. The zero-order valence-corrected chi connectivity index (χ0v) is 13.8. The zero-order valence-electron chi connectivity index (χ0n) is 13.0. The maximum atomic E-state index is 10.3. The van der Waals surface area contributed by atoms with Crippen LogP contribution in [0, 0.1) is 5.92 Å². The first-order chi connectivity index (χ1) is 11.0. The molecule has 9 heteroatoms.